The van der Waals surface area contributed by atoms with Crippen LogP contribution in [0.15, 0.2) is 0 Å². The zero-order valence-electron chi connectivity index (χ0n) is 4.31. The van der Waals surface area contributed by atoms with E-state index in [1.54, 1.807) is 0 Å². The van der Waals surface area contributed by atoms with Crippen molar-refractivity contribution in [1.29, 1.82) is 0 Å². The number of hydrogen-bond acceptors (Lipinski definition) is 3. The summed E-state index contributed by atoms with van der Waals surface area (Å²) in [5, 5.41) is 2.19. The zero-order valence-corrected chi connectivity index (χ0v) is 4.31. The summed E-state index contributed by atoms with van der Waals surface area (Å²) in [5.74, 6) is -0.339. The normalized spacial score (nSPS) is 8.12. The standard InChI is InChI=1S/C4H7N2O2/c5-3-4(8)6-1-2-7/h1,3,5H2,(H,6,8). The monoisotopic (exact) mass is 115 g/mol. The minimum Gasteiger partial charge on any atom is -0.347 e. The van der Waals surface area contributed by atoms with Gasteiger partial charge in [-0.15, -0.1) is 0 Å². The number of rotatable bonds is 3. The van der Waals surface area contributed by atoms with Gasteiger partial charge in [0, 0.05) is 0 Å². The molecule has 4 nitrogen and oxygen atoms in total. The molecule has 0 unspecified atom stereocenters. The largest absolute Gasteiger partial charge is 0.347 e. The fraction of sp³-hybridized carbons (Fsp3) is 0.500. The lowest BCUT2D eigenvalue weighted by Gasteiger charge is -1.92. The van der Waals surface area contributed by atoms with Gasteiger partial charge in [-0.25, -0.2) is 0 Å². The van der Waals surface area contributed by atoms with Gasteiger partial charge >= 0.3 is 0 Å². The van der Waals surface area contributed by atoms with Gasteiger partial charge in [-0.05, 0) is 0 Å². The van der Waals surface area contributed by atoms with E-state index in [0.717, 1.165) is 0 Å². The Morgan fingerprint density at radius 1 is 1.75 bits per heavy atom. The van der Waals surface area contributed by atoms with Gasteiger partial charge in [0.05, 0.1) is 13.1 Å². The smallest absolute Gasteiger partial charge is 0.234 e. The van der Waals surface area contributed by atoms with Crippen molar-refractivity contribution in [3.05, 3.63) is 0 Å². The molecular weight excluding hydrogens is 108 g/mol. The number of nitrogens with one attached hydrogen (secondary N) is 1. The van der Waals surface area contributed by atoms with E-state index in [4.69, 9.17) is 5.73 Å². The van der Waals surface area contributed by atoms with E-state index in [2.05, 4.69) is 5.32 Å². The molecule has 0 heterocycles. The van der Waals surface area contributed by atoms with Gasteiger partial charge in [0.2, 0.25) is 12.2 Å². The highest BCUT2D eigenvalue weighted by atomic mass is 16.2. The Morgan fingerprint density at radius 3 is 2.75 bits per heavy atom. The highest BCUT2D eigenvalue weighted by Gasteiger charge is 1.91. The van der Waals surface area contributed by atoms with E-state index in [1.807, 2.05) is 0 Å². The highest BCUT2D eigenvalue weighted by molar-refractivity contribution is 5.79. The van der Waals surface area contributed by atoms with Gasteiger partial charge in [0.25, 0.3) is 0 Å². The summed E-state index contributed by atoms with van der Waals surface area (Å²) in [4.78, 5) is 19.6. The van der Waals surface area contributed by atoms with E-state index in [9.17, 15) is 9.59 Å². The Morgan fingerprint density at radius 2 is 2.38 bits per heavy atom. The summed E-state index contributed by atoms with van der Waals surface area (Å²) < 4.78 is 0. The fourth-order valence-electron chi connectivity index (χ4n) is 0.207. The van der Waals surface area contributed by atoms with E-state index in [0.29, 0.717) is 0 Å². The Hall–Kier alpha value is -0.900. The molecule has 0 rings (SSSR count). The van der Waals surface area contributed by atoms with Crippen LogP contribution < -0.4 is 11.1 Å². The Kier molecular flexibility index (Phi) is 3.78. The summed E-state index contributed by atoms with van der Waals surface area (Å²) in [7, 11) is 0. The van der Waals surface area contributed by atoms with Crippen molar-refractivity contribution in [2.45, 2.75) is 0 Å². The lowest BCUT2D eigenvalue weighted by molar-refractivity contribution is -0.119. The molecular formula is C4H7N2O2. The van der Waals surface area contributed by atoms with Crippen LogP contribution >= 0.6 is 0 Å². The van der Waals surface area contributed by atoms with Crippen molar-refractivity contribution in [1.82, 2.24) is 5.32 Å². The molecule has 0 saturated carbocycles. The maximum Gasteiger partial charge on any atom is 0.234 e. The van der Waals surface area contributed by atoms with E-state index >= 15 is 0 Å². The molecule has 0 atom stereocenters. The first kappa shape index (κ1) is 7.10. The van der Waals surface area contributed by atoms with Gasteiger partial charge in [-0.3, -0.25) is 9.59 Å². The molecule has 1 radical (unpaired) electrons. The summed E-state index contributed by atoms with van der Waals surface area (Å²) >= 11 is 0. The third kappa shape index (κ3) is 3.30. The predicted octanol–water partition coefficient (Wildman–Crippen LogP) is -1.83. The van der Waals surface area contributed by atoms with Crippen LogP contribution in [0.3, 0.4) is 0 Å². The van der Waals surface area contributed by atoms with Crippen molar-refractivity contribution in [2.75, 3.05) is 13.1 Å². The molecule has 0 aromatic heterocycles. The molecule has 8 heavy (non-hydrogen) atoms. The number of carbonyl (C=O) groups excluding carboxylic acids is 2. The molecule has 0 aliphatic rings. The molecule has 0 aliphatic heterocycles. The molecule has 0 aromatic carbocycles. The second kappa shape index (κ2) is 4.26. The van der Waals surface area contributed by atoms with E-state index in [1.165, 1.54) is 6.29 Å². The zero-order chi connectivity index (χ0) is 6.41. The van der Waals surface area contributed by atoms with Crippen LogP contribution in [-0.2, 0) is 9.59 Å². The van der Waals surface area contributed by atoms with Gasteiger partial charge < -0.3 is 11.1 Å². The van der Waals surface area contributed by atoms with Crippen molar-refractivity contribution < 1.29 is 9.59 Å². The molecule has 4 heteroatoms. The Labute approximate surface area is 47.0 Å². The molecule has 45 valence electrons. The average Bonchev–Trinajstić information content (AvgIpc) is 1.83. The second-order valence-electron chi connectivity index (χ2n) is 1.13. The summed E-state index contributed by atoms with van der Waals surface area (Å²) in [6, 6.07) is 0. The fourth-order valence-corrected chi connectivity index (χ4v) is 0.207. The maximum atomic E-state index is 10.2. The number of amides is 1. The predicted molar refractivity (Wildman–Crippen MR) is 27.8 cm³/mol. The Balaban J connectivity index is 3.11. The number of nitrogens with two attached hydrogens (primary N) is 1. The molecule has 0 spiro atoms. The summed E-state index contributed by atoms with van der Waals surface area (Å²) in [6.07, 6.45) is 1.50. The quantitative estimate of drug-likeness (QED) is 0.454. The molecule has 0 bridgehead atoms. The second-order valence-corrected chi connectivity index (χ2v) is 1.13. The first-order chi connectivity index (χ1) is 3.81. The highest BCUT2D eigenvalue weighted by Crippen LogP contribution is 1.53. The molecule has 0 fully saturated rings. The lowest BCUT2D eigenvalue weighted by atomic mass is 10.6. The minimum atomic E-state index is -0.339. The van der Waals surface area contributed by atoms with Crippen molar-refractivity contribution in [3.63, 3.8) is 0 Å². The van der Waals surface area contributed by atoms with Crippen LogP contribution in [0.5, 0.6) is 0 Å². The average molecular weight is 115 g/mol. The summed E-state index contributed by atoms with van der Waals surface area (Å²) in [5.41, 5.74) is 4.87. The van der Waals surface area contributed by atoms with Gasteiger partial charge in [0.15, 0.2) is 0 Å². The maximum absolute atomic E-state index is 10.2. The van der Waals surface area contributed by atoms with Crippen LogP contribution in [0.2, 0.25) is 0 Å². The van der Waals surface area contributed by atoms with Crippen LogP contribution in [0, 0.1) is 0 Å². The molecule has 0 aliphatic carbocycles. The topological polar surface area (TPSA) is 72.2 Å². The van der Waals surface area contributed by atoms with Crippen LogP contribution in [0.1, 0.15) is 0 Å². The first-order valence-electron chi connectivity index (χ1n) is 2.13. The number of hydrogen-bond donors (Lipinski definition) is 2. The van der Waals surface area contributed by atoms with Gasteiger partial charge in [0.1, 0.15) is 0 Å². The van der Waals surface area contributed by atoms with Crippen LogP contribution in [-0.4, -0.2) is 25.3 Å². The van der Waals surface area contributed by atoms with Crippen molar-refractivity contribution in [2.24, 2.45) is 5.73 Å². The SMILES string of the molecule is NCC(=O)NC[C]=O. The molecule has 3 N–H and O–H groups in total. The minimum absolute atomic E-state index is 0.0734. The Bertz CT molecular complexity index is 92.0. The van der Waals surface area contributed by atoms with Gasteiger partial charge in [-0.1, -0.05) is 0 Å². The molecule has 0 saturated heterocycles. The van der Waals surface area contributed by atoms with Crippen molar-refractivity contribution in [3.8, 4) is 0 Å². The molecule has 0 aromatic rings. The molecule has 1 amide bonds. The van der Waals surface area contributed by atoms with Gasteiger partial charge in [-0.2, -0.15) is 0 Å². The third-order valence-corrected chi connectivity index (χ3v) is 0.543. The van der Waals surface area contributed by atoms with Crippen LogP contribution in [0.25, 0.3) is 0 Å². The first-order valence-corrected chi connectivity index (χ1v) is 2.13. The van der Waals surface area contributed by atoms with E-state index < -0.39 is 0 Å². The summed E-state index contributed by atoms with van der Waals surface area (Å²) in [6.45, 7) is -0.155. The third-order valence-electron chi connectivity index (χ3n) is 0.543. The van der Waals surface area contributed by atoms with Crippen molar-refractivity contribution >= 4 is 12.2 Å². The van der Waals surface area contributed by atoms with E-state index in [-0.39, 0.29) is 19.0 Å². The number of carbonyl (C=O) groups is 1. The van der Waals surface area contributed by atoms with Crippen LogP contribution in [0.4, 0.5) is 0 Å². The lowest BCUT2D eigenvalue weighted by Crippen LogP contribution is -2.31.